The number of hydrogen-bond donors (Lipinski definition) is 1. The summed E-state index contributed by atoms with van der Waals surface area (Å²) in [7, 11) is 0. The van der Waals surface area contributed by atoms with Crippen molar-refractivity contribution >= 4 is 38.9 Å². The van der Waals surface area contributed by atoms with Crippen molar-refractivity contribution in [3.05, 3.63) is 53.4 Å². The molecular formula is C21H19N5O2S2. The van der Waals surface area contributed by atoms with Crippen molar-refractivity contribution in [1.29, 1.82) is 5.26 Å². The smallest absolute Gasteiger partial charge is 0.200 e. The Morgan fingerprint density at radius 2 is 2.10 bits per heavy atom. The molecule has 30 heavy (non-hydrogen) atoms. The third kappa shape index (κ3) is 4.10. The molecule has 0 bridgehead atoms. The molecule has 0 atom stereocenters. The van der Waals surface area contributed by atoms with E-state index in [1.54, 1.807) is 6.26 Å². The number of aromatic nitrogens is 4. The van der Waals surface area contributed by atoms with Gasteiger partial charge in [0, 0.05) is 6.54 Å². The van der Waals surface area contributed by atoms with Gasteiger partial charge in [-0.15, -0.1) is 21.5 Å². The van der Waals surface area contributed by atoms with Crippen LogP contribution in [0.4, 0.5) is 0 Å². The highest BCUT2D eigenvalue weighted by Crippen LogP contribution is 2.31. The number of fused-ring (bicyclic) bond motifs is 1. The number of aliphatic hydroxyl groups excluding tert-OH is 1. The van der Waals surface area contributed by atoms with Gasteiger partial charge in [0.1, 0.15) is 22.4 Å². The average Bonchev–Trinajstić information content (AvgIpc) is 3.46. The number of rotatable bonds is 7. The molecule has 0 radical (unpaired) electrons. The summed E-state index contributed by atoms with van der Waals surface area (Å²) in [6.45, 7) is 4.93. The van der Waals surface area contributed by atoms with Gasteiger partial charge < -0.3 is 9.52 Å². The predicted octanol–water partition coefficient (Wildman–Crippen LogP) is 5.39. The summed E-state index contributed by atoms with van der Waals surface area (Å²) in [5, 5.41) is 30.0. The Labute approximate surface area is 181 Å². The van der Waals surface area contributed by atoms with Crippen LogP contribution in [0, 0.1) is 17.2 Å². The molecule has 4 rings (SSSR count). The van der Waals surface area contributed by atoms with Crippen LogP contribution < -0.4 is 0 Å². The molecular weight excluding hydrogens is 418 g/mol. The first kappa shape index (κ1) is 20.2. The second kappa shape index (κ2) is 8.73. The molecule has 0 saturated carbocycles. The number of thiazole rings is 1. The molecule has 0 aliphatic heterocycles. The normalized spacial score (nSPS) is 12.3. The largest absolute Gasteiger partial charge is 0.510 e. The van der Waals surface area contributed by atoms with Crippen LogP contribution in [0.3, 0.4) is 0 Å². The van der Waals surface area contributed by atoms with Gasteiger partial charge in [-0.25, -0.2) is 4.98 Å². The monoisotopic (exact) mass is 437 g/mol. The van der Waals surface area contributed by atoms with Gasteiger partial charge in [-0.3, -0.25) is 4.57 Å². The number of thioether (sulfide) groups is 1. The maximum Gasteiger partial charge on any atom is 0.200 e. The highest BCUT2D eigenvalue weighted by atomic mass is 32.2. The molecule has 0 amide bonds. The highest BCUT2D eigenvalue weighted by Gasteiger charge is 2.19. The third-order valence-electron chi connectivity index (χ3n) is 4.25. The summed E-state index contributed by atoms with van der Waals surface area (Å²) in [4.78, 5) is 4.48. The number of para-hydroxylation sites is 1. The minimum atomic E-state index is -0.0276. The number of nitriles is 1. The zero-order chi connectivity index (χ0) is 21.1. The molecule has 3 heterocycles. The number of furan rings is 1. The zero-order valence-corrected chi connectivity index (χ0v) is 18.1. The lowest BCUT2D eigenvalue weighted by Gasteiger charge is -2.11. The van der Waals surface area contributed by atoms with Crippen molar-refractivity contribution in [3.63, 3.8) is 0 Å². The van der Waals surface area contributed by atoms with Gasteiger partial charge in [0.2, 0.25) is 0 Å². The fourth-order valence-corrected chi connectivity index (χ4v) is 4.74. The summed E-state index contributed by atoms with van der Waals surface area (Å²) in [6.07, 6.45) is 1.60. The molecule has 9 heteroatoms. The standard InChI is InChI=1S/C21H19N5O2S2/c1-13(2)11-26-19(17-7-5-9-28-17)24-25-21(26)29-12-16(27)14(10-22)20-23-15-6-3-4-8-18(15)30-20/h3-9,13,27H,11-12H2,1-2H3/b16-14-. The molecule has 0 saturated heterocycles. The van der Waals surface area contributed by atoms with Gasteiger partial charge in [0.15, 0.2) is 16.7 Å². The van der Waals surface area contributed by atoms with Gasteiger partial charge in [0.25, 0.3) is 0 Å². The van der Waals surface area contributed by atoms with E-state index in [-0.39, 0.29) is 17.1 Å². The molecule has 7 nitrogen and oxygen atoms in total. The van der Waals surface area contributed by atoms with Crippen LogP contribution in [0.15, 0.2) is 58.0 Å². The van der Waals surface area contributed by atoms with E-state index in [4.69, 9.17) is 4.42 Å². The Balaban J connectivity index is 1.61. The first-order valence-electron chi connectivity index (χ1n) is 9.35. The molecule has 0 spiro atoms. The molecule has 0 fully saturated rings. The van der Waals surface area contributed by atoms with Crippen molar-refractivity contribution in [2.24, 2.45) is 5.92 Å². The van der Waals surface area contributed by atoms with E-state index in [1.165, 1.54) is 23.1 Å². The Morgan fingerprint density at radius 1 is 1.27 bits per heavy atom. The lowest BCUT2D eigenvalue weighted by atomic mass is 10.2. The summed E-state index contributed by atoms with van der Waals surface area (Å²) in [5.74, 6) is 1.82. The average molecular weight is 438 g/mol. The fraction of sp³-hybridized carbons (Fsp3) is 0.238. The van der Waals surface area contributed by atoms with E-state index in [9.17, 15) is 10.4 Å². The molecule has 1 aromatic carbocycles. The van der Waals surface area contributed by atoms with Crippen molar-refractivity contribution in [3.8, 4) is 17.7 Å². The van der Waals surface area contributed by atoms with Gasteiger partial charge in [-0.2, -0.15) is 5.26 Å². The minimum absolute atomic E-state index is 0.0276. The second-order valence-corrected chi connectivity index (χ2v) is 8.97. The SMILES string of the molecule is CC(C)Cn1c(SC/C(O)=C(\C#N)c2nc3ccccc3s2)nnc1-c1ccco1. The predicted molar refractivity (Wildman–Crippen MR) is 118 cm³/mol. The fourth-order valence-electron chi connectivity index (χ4n) is 2.93. The van der Waals surface area contributed by atoms with Gasteiger partial charge in [0.05, 0.1) is 22.2 Å². The molecule has 0 unspecified atom stereocenters. The van der Waals surface area contributed by atoms with Gasteiger partial charge in [-0.1, -0.05) is 37.7 Å². The maximum atomic E-state index is 10.6. The van der Waals surface area contributed by atoms with Crippen LogP contribution in [-0.4, -0.2) is 30.6 Å². The lowest BCUT2D eigenvalue weighted by Crippen LogP contribution is -2.08. The van der Waals surface area contributed by atoms with E-state index in [2.05, 4.69) is 35.1 Å². The first-order chi connectivity index (χ1) is 14.6. The van der Waals surface area contributed by atoms with E-state index >= 15 is 0 Å². The number of hydrogen-bond acceptors (Lipinski definition) is 8. The highest BCUT2D eigenvalue weighted by molar-refractivity contribution is 7.99. The second-order valence-electron chi connectivity index (χ2n) is 7.00. The number of benzene rings is 1. The van der Waals surface area contributed by atoms with Crippen LogP contribution in [0.25, 0.3) is 27.4 Å². The van der Waals surface area contributed by atoms with Crippen molar-refractivity contribution < 1.29 is 9.52 Å². The first-order valence-corrected chi connectivity index (χ1v) is 11.1. The number of nitrogens with zero attached hydrogens (tertiary/aromatic N) is 5. The molecule has 0 aliphatic rings. The van der Waals surface area contributed by atoms with Crippen molar-refractivity contribution in [2.75, 3.05) is 5.75 Å². The molecule has 0 aliphatic carbocycles. The maximum absolute atomic E-state index is 10.6. The lowest BCUT2D eigenvalue weighted by molar-refractivity contribution is 0.420. The number of allylic oxidation sites excluding steroid dienone is 1. The van der Waals surface area contributed by atoms with Crippen molar-refractivity contribution in [2.45, 2.75) is 25.5 Å². The third-order valence-corrected chi connectivity index (χ3v) is 6.28. The quantitative estimate of drug-likeness (QED) is 0.235. The Hall–Kier alpha value is -3.09. The molecule has 1 N–H and O–H groups in total. The summed E-state index contributed by atoms with van der Waals surface area (Å²) < 4.78 is 8.43. The van der Waals surface area contributed by atoms with Crippen LogP contribution in [-0.2, 0) is 6.54 Å². The van der Waals surface area contributed by atoms with Gasteiger partial charge in [-0.05, 0) is 30.2 Å². The van der Waals surface area contributed by atoms with Crippen LogP contribution in [0.2, 0.25) is 0 Å². The Bertz CT molecular complexity index is 1200. The van der Waals surface area contributed by atoms with E-state index in [0.717, 1.165) is 10.2 Å². The molecule has 152 valence electrons. The van der Waals surface area contributed by atoms with Crippen LogP contribution in [0.1, 0.15) is 18.9 Å². The molecule has 4 aromatic rings. The minimum Gasteiger partial charge on any atom is -0.510 e. The Kier molecular flexibility index (Phi) is 5.88. The van der Waals surface area contributed by atoms with E-state index in [1.807, 2.05) is 41.0 Å². The Morgan fingerprint density at radius 3 is 2.80 bits per heavy atom. The zero-order valence-electron chi connectivity index (χ0n) is 16.4. The van der Waals surface area contributed by atoms with E-state index < -0.39 is 0 Å². The number of aliphatic hydroxyl groups is 1. The van der Waals surface area contributed by atoms with Crippen LogP contribution >= 0.6 is 23.1 Å². The summed E-state index contributed by atoms with van der Waals surface area (Å²) in [6, 6.07) is 13.4. The van der Waals surface area contributed by atoms with Gasteiger partial charge >= 0.3 is 0 Å². The topological polar surface area (TPSA) is 101 Å². The van der Waals surface area contributed by atoms with Crippen molar-refractivity contribution in [1.82, 2.24) is 19.7 Å². The molecule has 3 aromatic heterocycles. The van der Waals surface area contributed by atoms with E-state index in [0.29, 0.717) is 34.2 Å². The summed E-state index contributed by atoms with van der Waals surface area (Å²) in [5.41, 5.74) is 0.996. The summed E-state index contributed by atoms with van der Waals surface area (Å²) >= 11 is 2.71. The van der Waals surface area contributed by atoms with Crippen LogP contribution in [0.5, 0.6) is 0 Å².